The van der Waals surface area contributed by atoms with Crippen LogP contribution in [-0.4, -0.2) is 55.5 Å². The third kappa shape index (κ3) is 3.35. The van der Waals surface area contributed by atoms with Gasteiger partial charge in [0.25, 0.3) is 5.91 Å². The fourth-order valence-corrected chi connectivity index (χ4v) is 3.79. The van der Waals surface area contributed by atoms with Crippen molar-refractivity contribution in [1.29, 1.82) is 0 Å². The summed E-state index contributed by atoms with van der Waals surface area (Å²) in [4.78, 5) is 19.5. The number of pyridine rings is 1. The molecule has 1 unspecified atom stereocenters. The average molecular weight is 402 g/mol. The molecule has 0 aliphatic carbocycles. The van der Waals surface area contributed by atoms with Crippen molar-refractivity contribution < 1.29 is 9.53 Å². The van der Waals surface area contributed by atoms with E-state index in [4.69, 9.17) is 4.74 Å². The fraction of sp³-hybridized carbons (Fsp3) is 0.273. The number of aromatic nitrogens is 5. The van der Waals surface area contributed by atoms with Crippen LogP contribution in [0.4, 0.5) is 0 Å². The van der Waals surface area contributed by atoms with Crippen LogP contribution < -0.4 is 0 Å². The van der Waals surface area contributed by atoms with Crippen LogP contribution in [0.25, 0.3) is 22.0 Å². The van der Waals surface area contributed by atoms with Crippen LogP contribution in [0.3, 0.4) is 0 Å². The second-order valence-electron chi connectivity index (χ2n) is 7.61. The fourth-order valence-electron chi connectivity index (χ4n) is 3.79. The zero-order valence-corrected chi connectivity index (χ0v) is 16.9. The van der Waals surface area contributed by atoms with E-state index in [1.807, 2.05) is 62.9 Å². The lowest BCUT2D eigenvalue weighted by Crippen LogP contribution is -2.42. The Kier molecular flexibility index (Phi) is 4.55. The molecule has 1 N–H and O–H groups in total. The minimum absolute atomic E-state index is 0.0906. The van der Waals surface area contributed by atoms with Crippen molar-refractivity contribution in [3.8, 4) is 11.1 Å². The molecule has 1 atom stereocenters. The highest BCUT2D eigenvalue weighted by atomic mass is 16.5. The molecule has 0 saturated carbocycles. The minimum Gasteiger partial charge on any atom is -0.368 e. The molecule has 8 heteroatoms. The van der Waals surface area contributed by atoms with Crippen molar-refractivity contribution in [1.82, 2.24) is 29.9 Å². The number of nitrogens with zero attached hydrogens (tertiary/aromatic N) is 5. The van der Waals surface area contributed by atoms with Gasteiger partial charge in [-0.25, -0.2) is 0 Å². The molecule has 3 aromatic heterocycles. The highest BCUT2D eigenvalue weighted by Gasteiger charge is 2.29. The van der Waals surface area contributed by atoms with Gasteiger partial charge >= 0.3 is 0 Å². The number of nitrogens with one attached hydrogen (secondary N) is 1. The summed E-state index contributed by atoms with van der Waals surface area (Å²) >= 11 is 0. The summed E-state index contributed by atoms with van der Waals surface area (Å²) in [6.07, 6.45) is 5.31. The van der Waals surface area contributed by atoms with Crippen molar-refractivity contribution in [2.24, 2.45) is 7.05 Å². The topological polar surface area (TPSA) is 88.9 Å². The lowest BCUT2D eigenvalue weighted by atomic mass is 10.1. The van der Waals surface area contributed by atoms with Gasteiger partial charge in [0, 0.05) is 42.5 Å². The summed E-state index contributed by atoms with van der Waals surface area (Å²) in [7, 11) is 1.89. The first-order chi connectivity index (χ1) is 14.6. The van der Waals surface area contributed by atoms with Gasteiger partial charge in [-0.1, -0.05) is 17.7 Å². The summed E-state index contributed by atoms with van der Waals surface area (Å²) in [5.41, 5.74) is 5.22. The maximum atomic E-state index is 13.2. The molecule has 4 heterocycles. The molecule has 1 aliphatic heterocycles. The number of rotatable bonds is 3. The molecule has 0 bridgehead atoms. The van der Waals surface area contributed by atoms with Crippen LogP contribution in [0.1, 0.15) is 27.8 Å². The molecule has 5 rings (SSSR count). The highest BCUT2D eigenvalue weighted by molar-refractivity contribution is 6.04. The van der Waals surface area contributed by atoms with Crippen LogP contribution in [0.5, 0.6) is 0 Å². The maximum Gasteiger partial charge on any atom is 0.275 e. The van der Waals surface area contributed by atoms with E-state index in [1.165, 1.54) is 0 Å². The molecular weight excluding hydrogens is 380 g/mol. The average Bonchev–Trinajstić information content (AvgIpc) is 3.39. The van der Waals surface area contributed by atoms with Crippen LogP contribution in [0, 0.1) is 6.92 Å². The van der Waals surface area contributed by atoms with Gasteiger partial charge in [-0.15, -0.1) is 0 Å². The molecule has 1 aromatic carbocycles. The molecule has 1 saturated heterocycles. The summed E-state index contributed by atoms with van der Waals surface area (Å²) in [6.45, 7) is 3.44. The molecule has 1 aliphatic rings. The Bertz CT molecular complexity index is 1210. The van der Waals surface area contributed by atoms with Crippen molar-refractivity contribution >= 4 is 16.8 Å². The number of benzene rings is 1. The van der Waals surface area contributed by atoms with E-state index in [1.54, 1.807) is 9.58 Å². The Balaban J connectivity index is 1.35. The van der Waals surface area contributed by atoms with Crippen LogP contribution in [0.2, 0.25) is 0 Å². The molecule has 0 radical (unpaired) electrons. The van der Waals surface area contributed by atoms with E-state index >= 15 is 0 Å². The van der Waals surface area contributed by atoms with Gasteiger partial charge < -0.3 is 9.64 Å². The molecule has 30 heavy (non-hydrogen) atoms. The standard InChI is InChI=1S/C22H22N6O2/c1-14-3-5-18-17(9-14)21(26-25-18)22(29)28-7-8-30-20(13-28)19-6-4-15(10-23-19)16-11-24-27(2)12-16/h3-6,9-12,20H,7-8,13H2,1-2H3,(H,25,26). The van der Waals surface area contributed by atoms with Gasteiger partial charge in [-0.05, 0) is 25.1 Å². The first-order valence-corrected chi connectivity index (χ1v) is 9.89. The summed E-state index contributed by atoms with van der Waals surface area (Å²) in [5, 5.41) is 12.3. The van der Waals surface area contributed by atoms with Gasteiger partial charge in [-0.2, -0.15) is 10.2 Å². The van der Waals surface area contributed by atoms with Gasteiger partial charge in [0.2, 0.25) is 0 Å². The van der Waals surface area contributed by atoms with E-state index in [0.717, 1.165) is 33.3 Å². The number of hydrogen-bond acceptors (Lipinski definition) is 5. The number of aromatic amines is 1. The van der Waals surface area contributed by atoms with Crippen LogP contribution in [0.15, 0.2) is 48.9 Å². The van der Waals surface area contributed by atoms with Crippen molar-refractivity contribution in [3.63, 3.8) is 0 Å². The maximum absolute atomic E-state index is 13.2. The summed E-state index contributed by atoms with van der Waals surface area (Å²) in [5.74, 6) is -0.0906. The minimum atomic E-state index is -0.266. The Morgan fingerprint density at radius 2 is 2.10 bits per heavy atom. The number of carbonyl (C=O) groups is 1. The zero-order valence-electron chi connectivity index (χ0n) is 16.9. The third-order valence-corrected chi connectivity index (χ3v) is 5.43. The Labute approximate surface area is 173 Å². The van der Waals surface area contributed by atoms with Crippen LogP contribution >= 0.6 is 0 Å². The second-order valence-corrected chi connectivity index (χ2v) is 7.61. The van der Waals surface area contributed by atoms with Crippen molar-refractivity contribution in [2.45, 2.75) is 13.0 Å². The predicted octanol–water partition coefficient (Wildman–Crippen LogP) is 2.88. The summed E-state index contributed by atoms with van der Waals surface area (Å²) < 4.78 is 7.68. The molecule has 1 fully saturated rings. The highest BCUT2D eigenvalue weighted by Crippen LogP contribution is 2.26. The SMILES string of the molecule is Cc1ccc2[nH]nc(C(=O)N3CCOC(c4ccc(-c5cnn(C)c5)cn4)C3)c2c1. The van der Waals surface area contributed by atoms with E-state index in [0.29, 0.717) is 25.4 Å². The number of aryl methyl sites for hydroxylation is 2. The Hall–Kier alpha value is -3.52. The lowest BCUT2D eigenvalue weighted by molar-refractivity contribution is -0.0248. The molecule has 4 aromatic rings. The van der Waals surface area contributed by atoms with E-state index in [2.05, 4.69) is 20.3 Å². The lowest BCUT2D eigenvalue weighted by Gasteiger charge is -2.32. The molecule has 152 valence electrons. The Morgan fingerprint density at radius 3 is 2.87 bits per heavy atom. The monoisotopic (exact) mass is 402 g/mol. The van der Waals surface area contributed by atoms with Gasteiger partial charge in [0.1, 0.15) is 6.10 Å². The first kappa shape index (κ1) is 18.5. The second kappa shape index (κ2) is 7.38. The molecule has 1 amide bonds. The van der Waals surface area contributed by atoms with E-state index in [-0.39, 0.29) is 12.0 Å². The van der Waals surface area contributed by atoms with Gasteiger partial charge in [-0.3, -0.25) is 19.6 Å². The molecular formula is C22H22N6O2. The normalized spacial score (nSPS) is 16.9. The third-order valence-electron chi connectivity index (χ3n) is 5.43. The predicted molar refractivity (Wildman–Crippen MR) is 112 cm³/mol. The summed E-state index contributed by atoms with van der Waals surface area (Å²) in [6, 6.07) is 9.90. The number of hydrogen-bond donors (Lipinski definition) is 1. The van der Waals surface area contributed by atoms with E-state index < -0.39 is 0 Å². The van der Waals surface area contributed by atoms with Crippen molar-refractivity contribution in [3.05, 3.63) is 65.9 Å². The largest absolute Gasteiger partial charge is 0.368 e. The quantitative estimate of drug-likeness (QED) is 0.569. The Morgan fingerprint density at radius 1 is 1.20 bits per heavy atom. The number of H-pyrrole nitrogens is 1. The van der Waals surface area contributed by atoms with Gasteiger partial charge in [0.05, 0.1) is 30.6 Å². The first-order valence-electron chi connectivity index (χ1n) is 9.89. The number of morpholine rings is 1. The van der Waals surface area contributed by atoms with E-state index in [9.17, 15) is 4.79 Å². The zero-order chi connectivity index (χ0) is 20.7. The number of ether oxygens (including phenoxy) is 1. The number of amides is 1. The molecule has 8 nitrogen and oxygen atoms in total. The van der Waals surface area contributed by atoms with Crippen LogP contribution in [-0.2, 0) is 11.8 Å². The smallest absolute Gasteiger partial charge is 0.275 e. The molecule has 0 spiro atoms. The van der Waals surface area contributed by atoms with Crippen molar-refractivity contribution in [2.75, 3.05) is 19.7 Å². The number of carbonyl (C=O) groups excluding carboxylic acids is 1. The van der Waals surface area contributed by atoms with Gasteiger partial charge in [0.15, 0.2) is 5.69 Å². The number of fused-ring (bicyclic) bond motifs is 1.